The molecule has 3 rings (SSSR count). The number of rotatable bonds is 7. The van der Waals surface area contributed by atoms with Gasteiger partial charge in [0.15, 0.2) is 29.3 Å². The molecule has 1 amide bonds. The number of hydrogen-bond donors (Lipinski definition) is 1. The van der Waals surface area contributed by atoms with Gasteiger partial charge in [-0.3, -0.25) is 4.79 Å². The van der Waals surface area contributed by atoms with E-state index in [0.29, 0.717) is 40.0 Å². The van der Waals surface area contributed by atoms with Crippen molar-refractivity contribution in [1.82, 2.24) is 4.98 Å². The van der Waals surface area contributed by atoms with Crippen molar-refractivity contribution in [2.45, 2.75) is 0 Å². The molecule has 28 heavy (non-hydrogen) atoms. The standard InChI is InChI=1S/C20H20N2O6/c1-24-13-6-8-15(25-2)14(10-13)22-20(23)18-19(28-11-21-18)12-5-7-16(26-3)17(9-12)27-4/h5-11H,1-4H3,(H,22,23). The summed E-state index contributed by atoms with van der Waals surface area (Å²) >= 11 is 0. The second-order valence-corrected chi connectivity index (χ2v) is 5.62. The fraction of sp³-hybridized carbons (Fsp3) is 0.200. The van der Waals surface area contributed by atoms with E-state index >= 15 is 0 Å². The van der Waals surface area contributed by atoms with E-state index in [2.05, 4.69) is 10.3 Å². The smallest absolute Gasteiger partial charge is 0.278 e. The molecule has 0 fully saturated rings. The largest absolute Gasteiger partial charge is 0.497 e. The van der Waals surface area contributed by atoms with Gasteiger partial charge < -0.3 is 28.7 Å². The van der Waals surface area contributed by atoms with Gasteiger partial charge in [-0.2, -0.15) is 0 Å². The molecule has 8 nitrogen and oxygen atoms in total. The van der Waals surface area contributed by atoms with Crippen LogP contribution < -0.4 is 24.3 Å². The Morgan fingerprint density at radius 3 is 2.29 bits per heavy atom. The van der Waals surface area contributed by atoms with Gasteiger partial charge >= 0.3 is 0 Å². The molecule has 0 saturated carbocycles. The third-order valence-corrected chi connectivity index (χ3v) is 4.08. The Labute approximate surface area is 162 Å². The Morgan fingerprint density at radius 1 is 0.893 bits per heavy atom. The summed E-state index contributed by atoms with van der Waals surface area (Å²) in [5.74, 6) is 2.00. The van der Waals surface area contributed by atoms with E-state index in [1.165, 1.54) is 20.6 Å². The van der Waals surface area contributed by atoms with E-state index < -0.39 is 5.91 Å². The van der Waals surface area contributed by atoms with Gasteiger partial charge in [0, 0.05) is 11.6 Å². The van der Waals surface area contributed by atoms with Crippen molar-refractivity contribution in [2.75, 3.05) is 33.8 Å². The topological polar surface area (TPSA) is 92.1 Å². The second kappa shape index (κ2) is 8.34. The Morgan fingerprint density at radius 2 is 1.61 bits per heavy atom. The van der Waals surface area contributed by atoms with Gasteiger partial charge in [-0.15, -0.1) is 0 Å². The SMILES string of the molecule is COc1ccc(OC)c(NC(=O)c2ncoc2-c2ccc(OC)c(OC)c2)c1. The van der Waals surface area contributed by atoms with Crippen LogP contribution in [0.3, 0.4) is 0 Å². The fourth-order valence-corrected chi connectivity index (χ4v) is 2.68. The molecule has 146 valence electrons. The van der Waals surface area contributed by atoms with Crippen molar-refractivity contribution in [2.24, 2.45) is 0 Å². The summed E-state index contributed by atoms with van der Waals surface area (Å²) in [4.78, 5) is 16.9. The first-order valence-corrected chi connectivity index (χ1v) is 8.30. The molecule has 0 unspecified atom stereocenters. The molecular formula is C20H20N2O6. The summed E-state index contributed by atoms with van der Waals surface area (Å²) in [5.41, 5.74) is 1.20. The molecule has 0 aliphatic carbocycles. The Hall–Kier alpha value is -3.68. The number of anilines is 1. The zero-order valence-electron chi connectivity index (χ0n) is 15.9. The number of ether oxygens (including phenoxy) is 4. The quantitative estimate of drug-likeness (QED) is 0.665. The van der Waals surface area contributed by atoms with E-state index in [1.807, 2.05) is 0 Å². The van der Waals surface area contributed by atoms with E-state index in [0.717, 1.165) is 0 Å². The van der Waals surface area contributed by atoms with Crippen LogP contribution in [-0.4, -0.2) is 39.3 Å². The Bertz CT molecular complexity index is 983. The molecule has 0 aliphatic rings. The predicted molar refractivity (Wildman–Crippen MR) is 103 cm³/mol. The van der Waals surface area contributed by atoms with Crippen LogP contribution in [0.15, 0.2) is 47.2 Å². The first-order valence-electron chi connectivity index (χ1n) is 8.30. The maximum absolute atomic E-state index is 12.8. The van der Waals surface area contributed by atoms with Crippen molar-refractivity contribution in [3.63, 3.8) is 0 Å². The van der Waals surface area contributed by atoms with Crippen LogP contribution in [0.1, 0.15) is 10.5 Å². The second-order valence-electron chi connectivity index (χ2n) is 5.62. The number of carbonyl (C=O) groups excluding carboxylic acids is 1. The summed E-state index contributed by atoms with van der Waals surface area (Å²) in [6.45, 7) is 0. The maximum atomic E-state index is 12.8. The lowest BCUT2D eigenvalue weighted by atomic mass is 10.1. The van der Waals surface area contributed by atoms with Gasteiger partial charge in [-0.1, -0.05) is 0 Å². The molecule has 1 heterocycles. The molecule has 2 aromatic carbocycles. The third-order valence-electron chi connectivity index (χ3n) is 4.08. The lowest BCUT2D eigenvalue weighted by molar-refractivity contribution is 0.102. The minimum atomic E-state index is -0.454. The van der Waals surface area contributed by atoms with E-state index in [-0.39, 0.29) is 5.69 Å². The number of benzene rings is 2. The maximum Gasteiger partial charge on any atom is 0.278 e. The summed E-state index contributed by atoms with van der Waals surface area (Å²) in [6.07, 6.45) is 1.21. The molecule has 1 aromatic heterocycles. The minimum Gasteiger partial charge on any atom is -0.497 e. The molecular weight excluding hydrogens is 364 g/mol. The summed E-state index contributed by atoms with van der Waals surface area (Å²) < 4.78 is 26.5. The van der Waals surface area contributed by atoms with Crippen LogP contribution in [0.5, 0.6) is 23.0 Å². The highest BCUT2D eigenvalue weighted by atomic mass is 16.5. The molecule has 0 saturated heterocycles. The van der Waals surface area contributed by atoms with Crippen molar-refractivity contribution in [3.05, 3.63) is 48.5 Å². The summed E-state index contributed by atoms with van der Waals surface area (Å²) in [7, 11) is 6.14. The lowest BCUT2D eigenvalue weighted by Crippen LogP contribution is -2.14. The van der Waals surface area contributed by atoms with E-state index in [9.17, 15) is 4.79 Å². The average Bonchev–Trinajstić information content (AvgIpc) is 3.23. The molecule has 3 aromatic rings. The normalized spacial score (nSPS) is 10.3. The highest BCUT2D eigenvalue weighted by molar-refractivity contribution is 6.07. The Balaban J connectivity index is 1.93. The number of hydrogen-bond acceptors (Lipinski definition) is 7. The number of nitrogens with one attached hydrogen (secondary N) is 1. The number of oxazole rings is 1. The third kappa shape index (κ3) is 3.71. The van der Waals surface area contributed by atoms with Crippen LogP contribution in [0, 0.1) is 0 Å². The van der Waals surface area contributed by atoms with Crippen molar-refractivity contribution in [3.8, 4) is 34.3 Å². The monoisotopic (exact) mass is 384 g/mol. The van der Waals surface area contributed by atoms with Crippen molar-refractivity contribution < 1.29 is 28.2 Å². The van der Waals surface area contributed by atoms with Gasteiger partial charge in [0.2, 0.25) is 0 Å². The fourth-order valence-electron chi connectivity index (χ4n) is 2.68. The first-order chi connectivity index (χ1) is 13.6. The molecule has 1 N–H and O–H groups in total. The first kappa shape index (κ1) is 19.1. The van der Waals surface area contributed by atoms with E-state index in [4.69, 9.17) is 23.4 Å². The van der Waals surface area contributed by atoms with Gasteiger partial charge in [0.25, 0.3) is 5.91 Å². The molecule has 0 atom stereocenters. The van der Waals surface area contributed by atoms with Gasteiger partial charge in [0.1, 0.15) is 11.5 Å². The van der Waals surface area contributed by atoms with Gasteiger partial charge in [-0.25, -0.2) is 4.98 Å². The van der Waals surface area contributed by atoms with Crippen molar-refractivity contribution >= 4 is 11.6 Å². The number of carbonyl (C=O) groups is 1. The summed E-state index contributed by atoms with van der Waals surface area (Å²) in [5, 5.41) is 2.78. The average molecular weight is 384 g/mol. The molecule has 0 spiro atoms. The lowest BCUT2D eigenvalue weighted by Gasteiger charge is -2.12. The zero-order valence-corrected chi connectivity index (χ0v) is 15.9. The number of methoxy groups -OCH3 is 4. The molecule has 8 heteroatoms. The van der Waals surface area contributed by atoms with Crippen LogP contribution in [0.2, 0.25) is 0 Å². The molecule has 0 aliphatic heterocycles. The van der Waals surface area contributed by atoms with Crippen LogP contribution >= 0.6 is 0 Å². The van der Waals surface area contributed by atoms with Crippen LogP contribution in [0.25, 0.3) is 11.3 Å². The van der Waals surface area contributed by atoms with E-state index in [1.54, 1.807) is 50.6 Å². The van der Waals surface area contributed by atoms with Gasteiger partial charge in [-0.05, 0) is 30.3 Å². The number of amides is 1. The van der Waals surface area contributed by atoms with Crippen LogP contribution in [0.4, 0.5) is 5.69 Å². The predicted octanol–water partition coefficient (Wildman–Crippen LogP) is 3.63. The van der Waals surface area contributed by atoms with Crippen molar-refractivity contribution in [1.29, 1.82) is 0 Å². The highest BCUT2D eigenvalue weighted by Gasteiger charge is 2.21. The molecule has 0 radical (unpaired) electrons. The minimum absolute atomic E-state index is 0.122. The number of aromatic nitrogens is 1. The van der Waals surface area contributed by atoms with Gasteiger partial charge in [0.05, 0.1) is 34.1 Å². The van der Waals surface area contributed by atoms with Crippen LogP contribution in [-0.2, 0) is 0 Å². The Kier molecular flexibility index (Phi) is 5.69. The summed E-state index contributed by atoms with van der Waals surface area (Å²) in [6, 6.07) is 10.3. The highest BCUT2D eigenvalue weighted by Crippen LogP contribution is 2.34. The zero-order chi connectivity index (χ0) is 20.1. The number of nitrogens with zero attached hydrogens (tertiary/aromatic N) is 1. The molecule has 0 bridgehead atoms.